The monoisotopic (exact) mass is 1190 g/mol. The molecular formula is C56H86F6N10O11. The smallest absolute Gasteiger partial charge is 0.463 e. The van der Waals surface area contributed by atoms with Gasteiger partial charge in [0.15, 0.2) is 0 Å². The van der Waals surface area contributed by atoms with Gasteiger partial charge in [-0.05, 0) is 106 Å². The summed E-state index contributed by atoms with van der Waals surface area (Å²) in [7, 11) is 1.71. The maximum absolute atomic E-state index is 13.5. The zero-order valence-corrected chi connectivity index (χ0v) is 50.7. The summed E-state index contributed by atoms with van der Waals surface area (Å²) in [5, 5.41) is 33.4. The molecule has 2 saturated carbocycles. The Kier molecular flexibility index (Phi) is 22.9. The summed E-state index contributed by atoms with van der Waals surface area (Å²) in [5.41, 5.74) is -2.61. The maximum atomic E-state index is 13.5. The Hall–Kier alpha value is -6.25. The van der Waals surface area contributed by atoms with Crippen LogP contribution in [0.2, 0.25) is 0 Å². The van der Waals surface area contributed by atoms with Gasteiger partial charge in [-0.1, -0.05) is 69.2 Å². The number of hydrogen-bond acceptors (Lipinski definition) is 13. The predicted molar refractivity (Wildman–Crippen MR) is 288 cm³/mol. The number of amides is 8. The quantitative estimate of drug-likeness (QED) is 0.109. The van der Waals surface area contributed by atoms with Crippen molar-refractivity contribution >= 4 is 53.2 Å². The second-order valence-electron chi connectivity index (χ2n) is 26.7. The number of rotatable bonds is 13. The van der Waals surface area contributed by atoms with Crippen LogP contribution in [0, 0.1) is 79.8 Å². The molecule has 4 heterocycles. The van der Waals surface area contributed by atoms with Gasteiger partial charge in [-0.15, -0.1) is 0 Å². The Balaban J connectivity index is 0.000000358. The summed E-state index contributed by atoms with van der Waals surface area (Å²) in [6.45, 7) is 29.4. The second kappa shape index (κ2) is 26.8. The van der Waals surface area contributed by atoms with Crippen LogP contribution in [0.1, 0.15) is 136 Å². The standard InChI is InChI=1S/2C23H32F3N5O4.C5H10O2.C5H12O/c2*1-21(2,3)16(30-20(35)23(24,25)26)19(34)31-10-13-14(22(13,4)5)15(31)18(33)29-12(9-27)8-11-6-7-28-17(11)32;1-4(2)7-5(3)6;1-5(2,3)6-4/h2*11-16H,6-8,10H2,1-5H3,(H,28,32)(H,29,33)(H,30,35);4H,1-3H3;1-4H3/t2*11-,12-,13-,14-,15-,16+;;/m00../s1. The van der Waals surface area contributed by atoms with Crippen LogP contribution in [0.25, 0.3) is 0 Å². The molecule has 0 aromatic rings. The third kappa shape index (κ3) is 18.6. The van der Waals surface area contributed by atoms with Crippen molar-refractivity contribution in [3.63, 3.8) is 0 Å². The SMILES string of the molecule is CC(=O)OC(C)C.CC(C)(C)[C@H](NC(=O)C(F)(F)F)C(=O)N1C[C@H]2[C@@H]([C@H]1C(=O)N[C@H](C#N)C[C@@H]1CCNC1=O)C2(C)C.CC(C)(C)[C@H](NC(=O)C(F)(F)F)C(=O)N1C[C@H]2[C@@H]([C@H]1C(=O)N[C@H](C#N)C[C@@H]1CCNC1=O)C2(C)C.COC(C)(C)C. The summed E-state index contributed by atoms with van der Waals surface area (Å²) in [4.78, 5) is 113. The van der Waals surface area contributed by atoms with E-state index < -0.39 is 107 Å². The first-order valence-corrected chi connectivity index (χ1v) is 27.7. The van der Waals surface area contributed by atoms with Gasteiger partial charge in [0.05, 0.1) is 23.8 Å². The normalized spacial score (nSPS) is 26.0. The van der Waals surface area contributed by atoms with Crippen molar-refractivity contribution in [1.29, 1.82) is 10.5 Å². The molecule has 6 aliphatic rings. The lowest BCUT2D eigenvalue weighted by molar-refractivity contribution is -0.176. The van der Waals surface area contributed by atoms with Crippen molar-refractivity contribution in [1.82, 2.24) is 41.7 Å². The molecule has 468 valence electrons. The highest BCUT2D eigenvalue weighted by Gasteiger charge is 2.71. The molecule has 0 aromatic carbocycles. The molecule has 6 rings (SSSR count). The number of halogens is 6. The van der Waals surface area contributed by atoms with Crippen molar-refractivity contribution in [2.24, 2.45) is 57.2 Å². The Labute approximate surface area is 482 Å². The highest BCUT2D eigenvalue weighted by atomic mass is 19.4. The summed E-state index contributed by atoms with van der Waals surface area (Å²) in [6.07, 6.45) is -8.96. The number of alkyl halides is 6. The number of methoxy groups -OCH3 is 1. The number of hydrogen-bond donors (Lipinski definition) is 6. The lowest BCUT2D eigenvalue weighted by Gasteiger charge is -2.37. The fourth-order valence-corrected chi connectivity index (χ4v) is 11.1. The number of likely N-dealkylation sites (tertiary alicyclic amines) is 2. The van der Waals surface area contributed by atoms with E-state index in [9.17, 15) is 80.0 Å². The summed E-state index contributed by atoms with van der Waals surface area (Å²) >= 11 is 0. The van der Waals surface area contributed by atoms with Gasteiger partial charge in [0.1, 0.15) is 36.3 Å². The van der Waals surface area contributed by atoms with Crippen molar-refractivity contribution in [2.75, 3.05) is 33.3 Å². The number of nitriles is 2. The van der Waals surface area contributed by atoms with Crippen LogP contribution in [0.4, 0.5) is 26.3 Å². The van der Waals surface area contributed by atoms with Gasteiger partial charge >= 0.3 is 30.1 Å². The summed E-state index contributed by atoms with van der Waals surface area (Å²) in [6, 6.07) is -2.96. The van der Waals surface area contributed by atoms with E-state index in [0.29, 0.717) is 25.9 Å². The minimum absolute atomic E-state index is 0.0255. The Morgan fingerprint density at radius 2 is 0.940 bits per heavy atom. The van der Waals surface area contributed by atoms with Gasteiger partial charge in [0.25, 0.3) is 0 Å². The average molecular weight is 1190 g/mol. The van der Waals surface area contributed by atoms with Crippen LogP contribution in [0.15, 0.2) is 0 Å². The molecule has 2 aliphatic carbocycles. The second-order valence-corrected chi connectivity index (χ2v) is 26.7. The van der Waals surface area contributed by atoms with Gasteiger partial charge in [-0.3, -0.25) is 43.2 Å². The van der Waals surface area contributed by atoms with Crippen molar-refractivity contribution in [2.45, 2.75) is 197 Å². The van der Waals surface area contributed by atoms with Crippen LogP contribution in [-0.4, -0.2) is 157 Å². The Bertz CT molecular complexity index is 2350. The molecule has 0 bridgehead atoms. The fraction of sp³-hybridized carbons (Fsp3) is 0.804. The number of esters is 1. The van der Waals surface area contributed by atoms with Crippen molar-refractivity contribution in [3.05, 3.63) is 0 Å². The third-order valence-electron chi connectivity index (χ3n) is 16.1. The van der Waals surface area contributed by atoms with E-state index in [0.717, 1.165) is 0 Å². The molecule has 12 atom stereocenters. The molecule has 4 aliphatic heterocycles. The summed E-state index contributed by atoms with van der Waals surface area (Å²) in [5.74, 6) is -9.13. The third-order valence-corrected chi connectivity index (χ3v) is 16.1. The molecule has 6 fully saturated rings. The zero-order valence-electron chi connectivity index (χ0n) is 50.7. The van der Waals surface area contributed by atoms with Gasteiger partial charge in [0.2, 0.25) is 35.4 Å². The van der Waals surface area contributed by atoms with Gasteiger partial charge in [0, 0.05) is 52.0 Å². The minimum atomic E-state index is -5.16. The number of nitrogens with zero attached hydrogens (tertiary/aromatic N) is 4. The molecule has 21 nitrogen and oxygen atoms in total. The first kappa shape index (κ1) is 71.0. The highest BCUT2D eigenvalue weighted by molar-refractivity contribution is 5.96. The lowest BCUT2D eigenvalue weighted by atomic mass is 9.85. The van der Waals surface area contributed by atoms with Gasteiger partial charge in [-0.25, -0.2) is 0 Å². The van der Waals surface area contributed by atoms with E-state index in [1.165, 1.54) is 58.3 Å². The zero-order chi connectivity index (χ0) is 64.1. The fourth-order valence-electron chi connectivity index (χ4n) is 11.1. The molecule has 0 spiro atoms. The molecule has 4 saturated heterocycles. The number of nitrogens with one attached hydrogen (secondary N) is 6. The minimum Gasteiger partial charge on any atom is -0.463 e. The molecule has 83 heavy (non-hydrogen) atoms. The number of carbonyl (C=O) groups is 9. The van der Waals surface area contributed by atoms with E-state index in [1.807, 2.05) is 74.5 Å². The first-order valence-electron chi connectivity index (χ1n) is 27.7. The van der Waals surface area contributed by atoms with Crippen LogP contribution in [-0.2, 0) is 52.6 Å². The van der Waals surface area contributed by atoms with Crippen molar-refractivity contribution < 1.29 is 79.0 Å². The predicted octanol–water partition coefficient (Wildman–Crippen LogP) is 4.58. The highest BCUT2D eigenvalue weighted by Crippen LogP contribution is 2.66. The number of piperidine rings is 2. The Morgan fingerprint density at radius 3 is 1.14 bits per heavy atom. The largest absolute Gasteiger partial charge is 0.471 e. The van der Waals surface area contributed by atoms with E-state index in [1.54, 1.807) is 17.7 Å². The Morgan fingerprint density at radius 1 is 0.627 bits per heavy atom. The average Bonchev–Trinajstić information content (AvgIpc) is 2.81. The van der Waals surface area contributed by atoms with E-state index in [4.69, 9.17) is 4.74 Å². The van der Waals surface area contributed by atoms with Crippen molar-refractivity contribution in [3.8, 4) is 12.1 Å². The topological polar surface area (TPSA) is 298 Å². The molecular weight excluding hydrogens is 1100 g/mol. The molecule has 0 aromatic heterocycles. The molecule has 8 amide bonds. The van der Waals surface area contributed by atoms with Crippen LogP contribution >= 0.6 is 0 Å². The molecule has 0 unspecified atom stereocenters. The van der Waals surface area contributed by atoms with Crippen LogP contribution < -0.4 is 31.9 Å². The maximum Gasteiger partial charge on any atom is 0.471 e. The van der Waals surface area contributed by atoms with E-state index >= 15 is 0 Å². The summed E-state index contributed by atoms with van der Waals surface area (Å²) < 4.78 is 87.1. The van der Waals surface area contributed by atoms with E-state index in [-0.39, 0.29) is 89.9 Å². The molecule has 27 heteroatoms. The van der Waals surface area contributed by atoms with Gasteiger partial charge < -0.3 is 51.2 Å². The number of fused-ring (bicyclic) bond motifs is 2. The lowest BCUT2D eigenvalue weighted by Crippen LogP contribution is -2.61. The first-order chi connectivity index (χ1) is 37.7. The van der Waals surface area contributed by atoms with E-state index in [2.05, 4.69) is 26.0 Å². The van der Waals surface area contributed by atoms with Crippen LogP contribution in [0.3, 0.4) is 0 Å². The van der Waals surface area contributed by atoms with Crippen LogP contribution in [0.5, 0.6) is 0 Å². The van der Waals surface area contributed by atoms with Gasteiger partial charge in [-0.2, -0.15) is 36.9 Å². The number of ether oxygens (including phenoxy) is 2. The molecule has 0 radical (unpaired) electrons. The molecule has 6 N–H and O–H groups in total. The number of carbonyl (C=O) groups excluding carboxylic acids is 9.